The van der Waals surface area contributed by atoms with E-state index >= 15 is 0 Å². The smallest absolute Gasteiger partial charge is 0.149 e. The fourth-order valence-electron chi connectivity index (χ4n) is 6.60. The van der Waals surface area contributed by atoms with Gasteiger partial charge in [-0.2, -0.15) is 0 Å². The van der Waals surface area contributed by atoms with Gasteiger partial charge in [-0.3, -0.25) is 4.90 Å². The molecule has 9 rings (SSSR count). The number of anilines is 3. The number of fused-ring (bicyclic) bond motifs is 5. The van der Waals surface area contributed by atoms with E-state index in [9.17, 15) is 0 Å². The largest absolute Gasteiger partial charge is 0.309 e. The molecule has 0 saturated carbocycles. The molecular weight excluding hydrogens is 512 g/mol. The van der Waals surface area contributed by atoms with E-state index in [-0.39, 0.29) is 0 Å². The van der Waals surface area contributed by atoms with Crippen LogP contribution in [0.15, 0.2) is 146 Å². The molecular formula is C38H24N4. The molecule has 1 aliphatic heterocycles. The van der Waals surface area contributed by atoms with Crippen LogP contribution in [0, 0.1) is 0 Å². The van der Waals surface area contributed by atoms with Crippen LogP contribution in [-0.4, -0.2) is 14.5 Å². The molecule has 8 aromatic rings. The van der Waals surface area contributed by atoms with Crippen molar-refractivity contribution in [3.05, 3.63) is 146 Å². The van der Waals surface area contributed by atoms with Crippen LogP contribution >= 0.6 is 0 Å². The van der Waals surface area contributed by atoms with Crippen LogP contribution in [0.1, 0.15) is 0 Å². The van der Waals surface area contributed by atoms with Crippen molar-refractivity contribution in [3.8, 4) is 27.9 Å². The van der Waals surface area contributed by atoms with Crippen LogP contribution in [0.25, 0.3) is 60.6 Å². The third kappa shape index (κ3) is 3.29. The average molecular weight is 537 g/mol. The molecule has 0 aliphatic carbocycles. The molecule has 0 spiro atoms. The molecule has 0 fully saturated rings. The van der Waals surface area contributed by atoms with Crippen molar-refractivity contribution in [2.24, 2.45) is 0 Å². The first-order valence-corrected chi connectivity index (χ1v) is 14.2. The third-order valence-corrected chi connectivity index (χ3v) is 8.40. The maximum Gasteiger partial charge on any atom is 0.149 e. The minimum Gasteiger partial charge on any atom is -0.309 e. The summed E-state index contributed by atoms with van der Waals surface area (Å²) in [6, 6.07) is 49.6. The summed E-state index contributed by atoms with van der Waals surface area (Å²) < 4.78 is 2.36. The van der Waals surface area contributed by atoms with Crippen molar-refractivity contribution in [2.45, 2.75) is 0 Å². The van der Waals surface area contributed by atoms with Gasteiger partial charge in [-0.15, -0.1) is 0 Å². The zero-order valence-electron chi connectivity index (χ0n) is 22.6. The van der Waals surface area contributed by atoms with Crippen molar-refractivity contribution in [3.63, 3.8) is 0 Å². The second-order valence-corrected chi connectivity index (χ2v) is 10.7. The van der Waals surface area contributed by atoms with Gasteiger partial charge in [-0.05, 0) is 65.2 Å². The Morgan fingerprint density at radius 3 is 1.98 bits per heavy atom. The number of nitrogens with zero attached hydrogens (tertiary/aromatic N) is 4. The van der Waals surface area contributed by atoms with Gasteiger partial charge in [0.1, 0.15) is 12.1 Å². The zero-order valence-corrected chi connectivity index (χ0v) is 22.6. The molecule has 2 aromatic heterocycles. The lowest BCUT2D eigenvalue weighted by atomic mass is 9.91. The summed E-state index contributed by atoms with van der Waals surface area (Å²) in [7, 11) is 0. The first-order valence-electron chi connectivity index (χ1n) is 14.2. The average Bonchev–Trinajstić information content (AvgIpc) is 3.40. The van der Waals surface area contributed by atoms with Crippen molar-refractivity contribution < 1.29 is 0 Å². The van der Waals surface area contributed by atoms with Crippen LogP contribution in [0.2, 0.25) is 0 Å². The summed E-state index contributed by atoms with van der Waals surface area (Å²) in [5, 5.41) is 3.57. The molecule has 196 valence electrons. The summed E-state index contributed by atoms with van der Waals surface area (Å²) in [6.45, 7) is 0. The number of hydrogen-bond acceptors (Lipinski definition) is 3. The Labute approximate surface area is 242 Å². The van der Waals surface area contributed by atoms with E-state index in [0.29, 0.717) is 0 Å². The molecule has 0 radical (unpaired) electrons. The summed E-state index contributed by atoms with van der Waals surface area (Å²) in [5.74, 6) is 0.896. The Morgan fingerprint density at radius 2 is 1.17 bits per heavy atom. The van der Waals surface area contributed by atoms with E-state index < -0.39 is 0 Å². The van der Waals surface area contributed by atoms with E-state index in [2.05, 4.69) is 149 Å². The van der Waals surface area contributed by atoms with E-state index in [1.54, 1.807) is 6.33 Å². The van der Waals surface area contributed by atoms with Gasteiger partial charge in [-0.1, -0.05) is 91.0 Å². The summed E-state index contributed by atoms with van der Waals surface area (Å²) >= 11 is 0. The number of rotatable bonds is 3. The molecule has 42 heavy (non-hydrogen) atoms. The summed E-state index contributed by atoms with van der Waals surface area (Å²) in [4.78, 5) is 11.9. The van der Waals surface area contributed by atoms with Gasteiger partial charge in [-0.25, -0.2) is 9.97 Å². The highest BCUT2D eigenvalue weighted by Gasteiger charge is 2.28. The lowest BCUT2D eigenvalue weighted by molar-refractivity contribution is 1.13. The van der Waals surface area contributed by atoms with E-state index in [1.807, 2.05) is 0 Å². The lowest BCUT2D eigenvalue weighted by Gasteiger charge is -2.32. The van der Waals surface area contributed by atoms with Crippen LogP contribution in [0.5, 0.6) is 0 Å². The number of aromatic nitrogens is 3. The van der Waals surface area contributed by atoms with Crippen molar-refractivity contribution in [1.29, 1.82) is 0 Å². The van der Waals surface area contributed by atoms with Gasteiger partial charge in [0.05, 0.1) is 27.6 Å². The van der Waals surface area contributed by atoms with E-state index in [1.165, 1.54) is 32.9 Å². The van der Waals surface area contributed by atoms with Crippen molar-refractivity contribution in [2.75, 3.05) is 4.90 Å². The second-order valence-electron chi connectivity index (χ2n) is 10.7. The molecule has 6 aromatic carbocycles. The maximum atomic E-state index is 4.90. The van der Waals surface area contributed by atoms with Crippen LogP contribution in [0.4, 0.5) is 17.2 Å². The van der Waals surface area contributed by atoms with Gasteiger partial charge in [0.25, 0.3) is 0 Å². The number of para-hydroxylation sites is 3. The number of hydrogen-bond donors (Lipinski definition) is 0. The molecule has 4 nitrogen and oxygen atoms in total. The highest BCUT2D eigenvalue weighted by atomic mass is 15.2. The van der Waals surface area contributed by atoms with E-state index in [4.69, 9.17) is 9.97 Å². The Hall–Kier alpha value is -5.74. The van der Waals surface area contributed by atoms with Gasteiger partial charge >= 0.3 is 0 Å². The minimum absolute atomic E-state index is 0.896. The van der Waals surface area contributed by atoms with Crippen LogP contribution in [-0.2, 0) is 0 Å². The topological polar surface area (TPSA) is 34.0 Å². The normalized spacial score (nSPS) is 12.2. The molecule has 4 heteroatoms. The van der Waals surface area contributed by atoms with Gasteiger partial charge in [0, 0.05) is 27.7 Å². The Kier molecular flexibility index (Phi) is 4.87. The standard InChI is InChI=1S/C38H24N4/c1-2-11-25(12-3-1)26-21-32-31-17-6-9-20-36(31)42(38-37(32)33(22-26)39-24-40-38)28-14-10-13-27(23-28)41-34-18-7-4-15-29(34)30-16-5-8-19-35(30)41/h1-24H. The molecule has 3 heterocycles. The Balaban J connectivity index is 1.29. The zero-order chi connectivity index (χ0) is 27.6. The fraction of sp³-hybridized carbons (Fsp3) is 0. The SMILES string of the molecule is c1ccc(-c2cc3c4c(ncnc4c2)N(c2cccc(-n4c5ccccc5c5ccccc54)c2)c2ccccc2-3)cc1. The van der Waals surface area contributed by atoms with Crippen LogP contribution < -0.4 is 4.90 Å². The first kappa shape index (κ1) is 23.0. The monoisotopic (exact) mass is 536 g/mol. The van der Waals surface area contributed by atoms with Crippen molar-refractivity contribution >= 4 is 49.9 Å². The molecule has 0 N–H and O–H groups in total. The number of benzene rings is 6. The van der Waals surface area contributed by atoms with Gasteiger partial charge < -0.3 is 4.57 Å². The quantitative estimate of drug-likeness (QED) is 0.225. The fourth-order valence-corrected chi connectivity index (χ4v) is 6.60. The summed E-state index contributed by atoms with van der Waals surface area (Å²) in [6.07, 6.45) is 1.69. The second kappa shape index (κ2) is 8.88. The predicted octanol–water partition coefficient (Wildman–Crippen LogP) is 9.84. The molecule has 1 aliphatic rings. The molecule has 0 atom stereocenters. The first-order chi connectivity index (χ1) is 20.8. The molecule has 0 amide bonds. The van der Waals surface area contributed by atoms with Crippen LogP contribution in [0.3, 0.4) is 0 Å². The maximum absolute atomic E-state index is 4.90. The Morgan fingerprint density at radius 1 is 0.476 bits per heavy atom. The van der Waals surface area contributed by atoms with Gasteiger partial charge in [0.2, 0.25) is 0 Å². The predicted molar refractivity (Wildman–Crippen MR) is 173 cm³/mol. The molecule has 0 bridgehead atoms. The molecule has 0 unspecified atom stereocenters. The lowest BCUT2D eigenvalue weighted by Crippen LogP contribution is -2.17. The summed E-state index contributed by atoms with van der Waals surface area (Å²) in [5.41, 5.74) is 11.3. The molecule has 0 saturated heterocycles. The van der Waals surface area contributed by atoms with E-state index in [0.717, 1.165) is 44.9 Å². The van der Waals surface area contributed by atoms with Crippen molar-refractivity contribution in [1.82, 2.24) is 14.5 Å². The van der Waals surface area contributed by atoms with Gasteiger partial charge in [0.15, 0.2) is 0 Å². The Bertz CT molecular complexity index is 2260. The minimum atomic E-state index is 0.896. The third-order valence-electron chi connectivity index (χ3n) is 8.40. The highest BCUT2D eigenvalue weighted by molar-refractivity contribution is 6.13. The highest BCUT2D eigenvalue weighted by Crippen LogP contribution is 2.50.